The second-order valence-corrected chi connectivity index (χ2v) is 5.02. The molecular weight excluding hydrogens is 266 g/mol. The molecule has 0 saturated heterocycles. The average Bonchev–Trinajstić information content (AvgIpc) is 2.35. The number of carboxylic acid groups (broad SMARTS) is 1. The van der Waals surface area contributed by atoms with Crippen LogP contribution >= 0.6 is 0 Å². The number of para-hydroxylation sites is 1. The minimum absolute atomic E-state index is 0.154. The Morgan fingerprint density at radius 1 is 1.50 bits per heavy atom. The molecule has 7 nitrogen and oxygen atoms in total. The van der Waals surface area contributed by atoms with Gasteiger partial charge in [-0.1, -0.05) is 19.9 Å². The normalized spacial score (nSPS) is 13.8. The minimum atomic E-state index is -1.33. The summed E-state index contributed by atoms with van der Waals surface area (Å²) in [6.07, 6.45) is 0. The third-order valence-electron chi connectivity index (χ3n) is 3.17. The zero-order chi connectivity index (χ0) is 15.5. The van der Waals surface area contributed by atoms with E-state index in [1.54, 1.807) is 13.8 Å². The van der Waals surface area contributed by atoms with Gasteiger partial charge in [-0.05, 0) is 18.9 Å². The van der Waals surface area contributed by atoms with E-state index in [9.17, 15) is 20.0 Å². The molecule has 2 N–H and O–H groups in total. The number of nitro benzene ring substituents is 1. The molecule has 7 heteroatoms. The summed E-state index contributed by atoms with van der Waals surface area (Å²) < 4.78 is 5.24. The number of hydrogen-bond acceptors (Lipinski definition) is 5. The van der Waals surface area contributed by atoms with Crippen molar-refractivity contribution < 1.29 is 24.7 Å². The topological polar surface area (TPSA) is 110 Å². The van der Waals surface area contributed by atoms with Gasteiger partial charge in [-0.3, -0.25) is 10.1 Å². The molecule has 0 aromatic heterocycles. The van der Waals surface area contributed by atoms with Crippen molar-refractivity contribution in [1.82, 2.24) is 0 Å². The molecule has 1 aromatic carbocycles. The van der Waals surface area contributed by atoms with Gasteiger partial charge < -0.3 is 14.9 Å². The molecule has 0 aliphatic rings. The van der Waals surface area contributed by atoms with E-state index in [0.717, 1.165) is 6.07 Å². The smallest absolute Gasteiger partial charge is 0.339 e. The number of nitro groups is 1. The van der Waals surface area contributed by atoms with Crippen LogP contribution in [0.25, 0.3) is 0 Å². The first-order valence-electron chi connectivity index (χ1n) is 6.02. The summed E-state index contributed by atoms with van der Waals surface area (Å²) in [6.45, 7) is 4.81. The van der Waals surface area contributed by atoms with Gasteiger partial charge in [0.15, 0.2) is 0 Å². The minimum Gasteiger partial charge on any atom is -0.483 e. The van der Waals surface area contributed by atoms with Gasteiger partial charge >= 0.3 is 11.7 Å². The standard InChI is InChI=1S/C13H17NO6/c1-8(2)13(3,17)7-20-11-9(12(15)16)5-4-6-10(11)14(18)19/h4-6,8,17H,7H2,1-3H3,(H,15,16). The quantitative estimate of drug-likeness (QED) is 0.611. The van der Waals surface area contributed by atoms with Crippen molar-refractivity contribution in [2.45, 2.75) is 26.4 Å². The SMILES string of the molecule is CC(C)C(C)(O)COc1c(C(=O)O)cccc1[N+](=O)[O-]. The van der Waals surface area contributed by atoms with Crippen molar-refractivity contribution in [2.75, 3.05) is 6.61 Å². The van der Waals surface area contributed by atoms with Gasteiger partial charge in [0.05, 0.1) is 10.5 Å². The third-order valence-corrected chi connectivity index (χ3v) is 3.17. The summed E-state index contributed by atoms with van der Waals surface area (Å²) in [5.41, 5.74) is -1.97. The molecule has 0 spiro atoms. The van der Waals surface area contributed by atoms with Gasteiger partial charge in [-0.25, -0.2) is 4.79 Å². The summed E-state index contributed by atoms with van der Waals surface area (Å²) in [5.74, 6) is -1.82. The van der Waals surface area contributed by atoms with Crippen molar-refractivity contribution in [3.8, 4) is 5.75 Å². The van der Waals surface area contributed by atoms with Crippen LogP contribution in [0.4, 0.5) is 5.69 Å². The Bertz CT molecular complexity index is 491. The van der Waals surface area contributed by atoms with Crippen molar-refractivity contribution >= 4 is 11.7 Å². The molecule has 1 rings (SSSR count). The number of nitrogens with zero attached hydrogens (tertiary/aromatic N) is 1. The molecule has 0 aliphatic heterocycles. The molecule has 0 fully saturated rings. The van der Waals surface area contributed by atoms with Crippen LogP contribution in [0.5, 0.6) is 5.75 Å². The van der Waals surface area contributed by atoms with Crippen molar-refractivity contribution in [1.29, 1.82) is 0 Å². The molecule has 0 heterocycles. The fourth-order valence-corrected chi connectivity index (χ4v) is 1.37. The Morgan fingerprint density at radius 2 is 2.10 bits per heavy atom. The lowest BCUT2D eigenvalue weighted by atomic mass is 9.94. The highest BCUT2D eigenvalue weighted by atomic mass is 16.6. The Morgan fingerprint density at radius 3 is 2.55 bits per heavy atom. The third kappa shape index (κ3) is 3.45. The molecule has 0 radical (unpaired) electrons. The number of ether oxygens (including phenoxy) is 1. The van der Waals surface area contributed by atoms with E-state index in [2.05, 4.69) is 0 Å². The molecular formula is C13H17NO6. The Balaban J connectivity index is 3.15. The summed E-state index contributed by atoms with van der Waals surface area (Å²) in [4.78, 5) is 21.3. The first-order valence-corrected chi connectivity index (χ1v) is 6.02. The molecule has 1 aromatic rings. The van der Waals surface area contributed by atoms with E-state index in [4.69, 9.17) is 9.84 Å². The van der Waals surface area contributed by atoms with Gasteiger partial charge in [-0.15, -0.1) is 0 Å². The van der Waals surface area contributed by atoms with Gasteiger partial charge in [0.2, 0.25) is 5.75 Å². The number of benzene rings is 1. The second kappa shape index (κ2) is 5.87. The maximum Gasteiger partial charge on any atom is 0.339 e. The fraction of sp³-hybridized carbons (Fsp3) is 0.462. The molecule has 0 aliphatic carbocycles. The van der Waals surface area contributed by atoms with Crippen LogP contribution in [-0.2, 0) is 0 Å². The van der Waals surface area contributed by atoms with Crippen molar-refractivity contribution in [3.05, 3.63) is 33.9 Å². The van der Waals surface area contributed by atoms with Crippen molar-refractivity contribution in [2.24, 2.45) is 5.92 Å². The molecule has 110 valence electrons. The molecule has 1 unspecified atom stereocenters. The number of carboxylic acids is 1. The van der Waals surface area contributed by atoms with Gasteiger partial charge in [0.25, 0.3) is 0 Å². The number of aliphatic hydroxyl groups is 1. The predicted octanol–water partition coefficient (Wildman–Crippen LogP) is 2.08. The number of rotatable bonds is 6. The molecule has 0 bridgehead atoms. The highest BCUT2D eigenvalue weighted by molar-refractivity contribution is 5.92. The Kier molecular flexibility index (Phi) is 4.67. The molecule has 20 heavy (non-hydrogen) atoms. The number of hydrogen-bond donors (Lipinski definition) is 2. The molecule has 0 saturated carbocycles. The first-order chi connectivity index (χ1) is 9.16. The molecule has 0 amide bonds. The van der Waals surface area contributed by atoms with Crippen LogP contribution in [0.3, 0.4) is 0 Å². The van der Waals surface area contributed by atoms with E-state index >= 15 is 0 Å². The Hall–Kier alpha value is -2.15. The fourth-order valence-electron chi connectivity index (χ4n) is 1.37. The lowest BCUT2D eigenvalue weighted by Gasteiger charge is -2.27. The van der Waals surface area contributed by atoms with E-state index < -0.39 is 22.2 Å². The number of aromatic carboxylic acids is 1. The second-order valence-electron chi connectivity index (χ2n) is 5.02. The van der Waals surface area contributed by atoms with E-state index in [0.29, 0.717) is 0 Å². The van der Waals surface area contributed by atoms with Crippen LogP contribution in [0, 0.1) is 16.0 Å². The summed E-state index contributed by atoms with van der Waals surface area (Å²) >= 11 is 0. The zero-order valence-electron chi connectivity index (χ0n) is 11.5. The first kappa shape index (κ1) is 15.9. The summed E-state index contributed by atoms with van der Waals surface area (Å²) in [7, 11) is 0. The van der Waals surface area contributed by atoms with Crippen LogP contribution in [-0.4, -0.2) is 33.3 Å². The van der Waals surface area contributed by atoms with Crippen LogP contribution in [0.1, 0.15) is 31.1 Å². The Labute approximate surface area is 116 Å². The monoisotopic (exact) mass is 283 g/mol. The lowest BCUT2D eigenvalue weighted by Crippen LogP contribution is -2.38. The molecule has 1 atom stereocenters. The van der Waals surface area contributed by atoms with Crippen molar-refractivity contribution in [3.63, 3.8) is 0 Å². The zero-order valence-corrected chi connectivity index (χ0v) is 11.5. The largest absolute Gasteiger partial charge is 0.483 e. The van der Waals surface area contributed by atoms with Crippen LogP contribution in [0.2, 0.25) is 0 Å². The predicted molar refractivity (Wildman–Crippen MR) is 71.0 cm³/mol. The van der Waals surface area contributed by atoms with Gasteiger partial charge in [0.1, 0.15) is 12.2 Å². The number of carbonyl (C=O) groups is 1. The van der Waals surface area contributed by atoms with E-state index in [1.165, 1.54) is 19.1 Å². The van der Waals surface area contributed by atoms with Gasteiger partial charge in [0, 0.05) is 6.07 Å². The van der Waals surface area contributed by atoms with E-state index in [1.807, 2.05) is 0 Å². The van der Waals surface area contributed by atoms with Crippen LogP contribution in [0.15, 0.2) is 18.2 Å². The van der Waals surface area contributed by atoms with E-state index in [-0.39, 0.29) is 23.8 Å². The van der Waals surface area contributed by atoms with Crippen LogP contribution < -0.4 is 4.74 Å². The van der Waals surface area contributed by atoms with Gasteiger partial charge in [-0.2, -0.15) is 0 Å². The summed E-state index contributed by atoms with van der Waals surface area (Å²) in [5, 5.41) is 30.0. The highest BCUT2D eigenvalue weighted by Gasteiger charge is 2.29. The lowest BCUT2D eigenvalue weighted by molar-refractivity contribution is -0.386. The average molecular weight is 283 g/mol. The highest BCUT2D eigenvalue weighted by Crippen LogP contribution is 2.32. The maximum atomic E-state index is 11.1. The maximum absolute atomic E-state index is 11.1. The summed E-state index contributed by atoms with van der Waals surface area (Å²) in [6, 6.07) is 3.65.